The molecule has 1 saturated carbocycles. The molecule has 0 aromatic carbocycles. The van der Waals surface area contributed by atoms with Crippen LogP contribution in [0.15, 0.2) is 10.6 Å². The molecule has 1 aliphatic rings. The van der Waals surface area contributed by atoms with Crippen LogP contribution in [0.3, 0.4) is 0 Å². The number of nitrogens with two attached hydrogens (primary N) is 1. The molecule has 18 heavy (non-hydrogen) atoms. The molecule has 1 aliphatic carbocycles. The van der Waals surface area contributed by atoms with Gasteiger partial charge in [0.1, 0.15) is 5.76 Å². The zero-order chi connectivity index (χ0) is 13.2. The topological polar surface area (TPSA) is 81.2 Å². The van der Waals surface area contributed by atoms with Gasteiger partial charge < -0.3 is 15.5 Å². The molecular weight excluding hydrogens is 230 g/mol. The van der Waals surface area contributed by atoms with Crippen LogP contribution in [-0.2, 0) is 17.8 Å². The van der Waals surface area contributed by atoms with E-state index in [0.29, 0.717) is 12.4 Å². The molecule has 0 bridgehead atoms. The van der Waals surface area contributed by atoms with Crippen LogP contribution in [-0.4, -0.2) is 16.9 Å². The first-order valence-electron chi connectivity index (χ1n) is 6.53. The third kappa shape index (κ3) is 2.41. The van der Waals surface area contributed by atoms with Gasteiger partial charge in [-0.2, -0.15) is 0 Å². The van der Waals surface area contributed by atoms with E-state index in [1.165, 1.54) is 0 Å². The summed E-state index contributed by atoms with van der Waals surface area (Å²) in [6.07, 6.45) is 5.30. The molecule has 1 aromatic heterocycles. The third-order valence-electron chi connectivity index (χ3n) is 3.90. The molecule has 2 unspecified atom stereocenters. The van der Waals surface area contributed by atoms with Crippen molar-refractivity contribution in [3.05, 3.63) is 17.8 Å². The number of hydrogen-bond donors (Lipinski definition) is 2. The van der Waals surface area contributed by atoms with Gasteiger partial charge in [0, 0.05) is 12.5 Å². The Labute approximate surface area is 107 Å². The van der Waals surface area contributed by atoms with Crippen molar-refractivity contribution in [3.63, 3.8) is 0 Å². The average molecular weight is 251 g/mol. The zero-order valence-corrected chi connectivity index (χ0v) is 11.0. The van der Waals surface area contributed by atoms with Gasteiger partial charge in [0.25, 0.3) is 0 Å². The number of carbonyl (C=O) groups excluding carboxylic acids is 1. The van der Waals surface area contributed by atoms with Crippen LogP contribution in [0.4, 0.5) is 0 Å². The molecule has 1 aromatic rings. The fraction of sp³-hybridized carbons (Fsp3) is 0.692. The second-order valence-electron chi connectivity index (χ2n) is 5.17. The van der Waals surface area contributed by atoms with Crippen LogP contribution in [0.5, 0.6) is 0 Å². The summed E-state index contributed by atoms with van der Waals surface area (Å²) in [6, 6.07) is -0.0479. The van der Waals surface area contributed by atoms with Crippen LogP contribution in [0.2, 0.25) is 0 Å². The number of carbonyl (C=O) groups is 1. The fourth-order valence-electron chi connectivity index (χ4n) is 2.43. The Morgan fingerprint density at radius 2 is 2.50 bits per heavy atom. The van der Waals surface area contributed by atoms with Gasteiger partial charge in [-0.25, -0.2) is 4.98 Å². The number of oxazole rings is 1. The summed E-state index contributed by atoms with van der Waals surface area (Å²) in [6.45, 7) is 4.27. The zero-order valence-electron chi connectivity index (χ0n) is 11.0. The summed E-state index contributed by atoms with van der Waals surface area (Å²) in [7, 11) is 0. The first-order chi connectivity index (χ1) is 8.56. The largest absolute Gasteiger partial charge is 0.444 e. The van der Waals surface area contributed by atoms with E-state index in [2.05, 4.69) is 10.3 Å². The molecule has 1 heterocycles. The number of amides is 1. The quantitative estimate of drug-likeness (QED) is 0.847. The molecule has 5 heteroatoms. The van der Waals surface area contributed by atoms with Gasteiger partial charge in [0.05, 0.1) is 18.2 Å². The maximum absolute atomic E-state index is 12.2. The molecule has 2 rings (SSSR count). The van der Waals surface area contributed by atoms with Gasteiger partial charge in [0.2, 0.25) is 11.8 Å². The van der Waals surface area contributed by atoms with Gasteiger partial charge in [-0.15, -0.1) is 0 Å². The van der Waals surface area contributed by atoms with Gasteiger partial charge in [-0.3, -0.25) is 4.79 Å². The SMILES string of the molecule is CCc1cnc(CNC(=O)C2(C)CCCC2N)o1. The Balaban J connectivity index is 1.92. The average Bonchev–Trinajstić information content (AvgIpc) is 2.95. The van der Waals surface area contributed by atoms with Crippen molar-refractivity contribution in [2.24, 2.45) is 11.1 Å². The van der Waals surface area contributed by atoms with E-state index < -0.39 is 5.41 Å². The van der Waals surface area contributed by atoms with Crippen LogP contribution in [0.25, 0.3) is 0 Å². The molecule has 0 saturated heterocycles. The number of rotatable bonds is 4. The Kier molecular flexibility index (Phi) is 3.71. The Morgan fingerprint density at radius 1 is 1.72 bits per heavy atom. The lowest BCUT2D eigenvalue weighted by atomic mass is 9.84. The number of aromatic nitrogens is 1. The minimum atomic E-state index is -0.444. The van der Waals surface area contributed by atoms with E-state index in [-0.39, 0.29) is 11.9 Å². The summed E-state index contributed by atoms with van der Waals surface area (Å²) in [5.41, 5.74) is 5.56. The number of hydrogen-bond acceptors (Lipinski definition) is 4. The van der Waals surface area contributed by atoms with Crippen LogP contribution < -0.4 is 11.1 Å². The van der Waals surface area contributed by atoms with Crippen molar-refractivity contribution in [2.75, 3.05) is 0 Å². The first kappa shape index (κ1) is 13.1. The van der Waals surface area contributed by atoms with Crippen molar-refractivity contribution in [2.45, 2.75) is 52.1 Å². The smallest absolute Gasteiger partial charge is 0.227 e. The number of nitrogens with one attached hydrogen (secondary N) is 1. The fourth-order valence-corrected chi connectivity index (χ4v) is 2.43. The first-order valence-corrected chi connectivity index (χ1v) is 6.53. The highest BCUT2D eigenvalue weighted by Crippen LogP contribution is 2.36. The minimum Gasteiger partial charge on any atom is -0.444 e. The minimum absolute atomic E-state index is 0.00347. The van der Waals surface area contributed by atoms with E-state index in [0.717, 1.165) is 31.4 Å². The van der Waals surface area contributed by atoms with E-state index in [1.807, 2.05) is 13.8 Å². The van der Waals surface area contributed by atoms with Gasteiger partial charge in [-0.05, 0) is 19.8 Å². The monoisotopic (exact) mass is 251 g/mol. The second kappa shape index (κ2) is 5.10. The number of nitrogens with zero attached hydrogens (tertiary/aromatic N) is 1. The number of aryl methyl sites for hydroxylation is 1. The third-order valence-corrected chi connectivity index (χ3v) is 3.90. The standard InChI is InChI=1S/C13H21N3O2/c1-3-9-7-15-11(18-9)8-16-12(17)13(2)6-4-5-10(13)14/h7,10H,3-6,8,14H2,1-2H3,(H,16,17). The van der Waals surface area contributed by atoms with E-state index in [9.17, 15) is 4.79 Å². The summed E-state index contributed by atoms with van der Waals surface area (Å²) >= 11 is 0. The van der Waals surface area contributed by atoms with Crippen LogP contribution in [0.1, 0.15) is 44.8 Å². The molecule has 2 atom stereocenters. The lowest BCUT2D eigenvalue weighted by Crippen LogP contribution is -2.47. The molecule has 1 fully saturated rings. The van der Waals surface area contributed by atoms with Crippen molar-refractivity contribution in [3.8, 4) is 0 Å². The molecule has 3 N–H and O–H groups in total. The molecule has 100 valence electrons. The van der Waals surface area contributed by atoms with Crippen LogP contribution >= 0.6 is 0 Å². The van der Waals surface area contributed by atoms with Crippen molar-refractivity contribution >= 4 is 5.91 Å². The lowest BCUT2D eigenvalue weighted by Gasteiger charge is -2.27. The highest BCUT2D eigenvalue weighted by Gasteiger charge is 2.42. The Hall–Kier alpha value is -1.36. The van der Waals surface area contributed by atoms with E-state index in [4.69, 9.17) is 10.2 Å². The molecule has 1 amide bonds. The summed E-state index contributed by atoms with van der Waals surface area (Å²) < 4.78 is 5.45. The molecular formula is C13H21N3O2. The van der Waals surface area contributed by atoms with Gasteiger partial charge in [-0.1, -0.05) is 13.3 Å². The van der Waals surface area contributed by atoms with Crippen molar-refractivity contribution in [1.82, 2.24) is 10.3 Å². The molecule has 0 radical (unpaired) electrons. The molecule has 5 nitrogen and oxygen atoms in total. The maximum atomic E-state index is 12.2. The van der Waals surface area contributed by atoms with Gasteiger partial charge in [0.15, 0.2) is 0 Å². The van der Waals surface area contributed by atoms with Crippen LogP contribution in [0, 0.1) is 5.41 Å². The van der Waals surface area contributed by atoms with Crippen molar-refractivity contribution < 1.29 is 9.21 Å². The van der Waals surface area contributed by atoms with E-state index in [1.54, 1.807) is 6.20 Å². The highest BCUT2D eigenvalue weighted by molar-refractivity contribution is 5.83. The molecule has 0 spiro atoms. The maximum Gasteiger partial charge on any atom is 0.227 e. The Bertz CT molecular complexity index is 430. The lowest BCUT2D eigenvalue weighted by molar-refractivity contribution is -0.130. The van der Waals surface area contributed by atoms with Crippen molar-refractivity contribution in [1.29, 1.82) is 0 Å². The normalized spacial score (nSPS) is 27.4. The second-order valence-corrected chi connectivity index (χ2v) is 5.17. The molecule has 0 aliphatic heterocycles. The predicted molar refractivity (Wildman–Crippen MR) is 67.7 cm³/mol. The summed E-state index contributed by atoms with van der Waals surface area (Å²) in [4.78, 5) is 16.3. The van der Waals surface area contributed by atoms with Gasteiger partial charge >= 0.3 is 0 Å². The summed E-state index contributed by atoms with van der Waals surface area (Å²) in [5, 5.41) is 2.87. The highest BCUT2D eigenvalue weighted by atomic mass is 16.4. The summed E-state index contributed by atoms with van der Waals surface area (Å²) in [5.74, 6) is 1.39. The predicted octanol–water partition coefficient (Wildman–Crippen LogP) is 1.37. The van der Waals surface area contributed by atoms with E-state index >= 15 is 0 Å². The Morgan fingerprint density at radius 3 is 3.06 bits per heavy atom.